The number of piperidine rings is 1. The normalized spacial score (nSPS) is 15.2. The third-order valence-electron chi connectivity index (χ3n) is 12.3. The average Bonchev–Trinajstić information content (AvgIpc) is 3.54. The maximum Gasteiger partial charge on any atom is 0.262 e. The van der Waals surface area contributed by atoms with Crippen LogP contribution >= 0.6 is 0 Å². The fourth-order valence-electron chi connectivity index (χ4n) is 8.53. The molecule has 67 heavy (non-hydrogen) atoms. The Bertz CT molecular complexity index is 3040. The Balaban J connectivity index is 0.789. The van der Waals surface area contributed by atoms with Crippen LogP contribution in [0.1, 0.15) is 106 Å². The van der Waals surface area contributed by atoms with E-state index in [0.29, 0.717) is 52.0 Å². The molecule has 0 radical (unpaired) electrons. The molecule has 0 spiro atoms. The molecule has 4 aromatic carbocycles. The number of carbonyl (C=O) groups excluding carboxylic acids is 5. The molecule has 0 bridgehead atoms. The molecule has 1 fully saturated rings. The first kappa shape index (κ1) is 46.0. The molecule has 8 rings (SSSR count). The number of benzene rings is 4. The molecule has 5 amide bonds. The highest BCUT2D eigenvalue weighted by molar-refractivity contribution is 6.23. The first-order valence-corrected chi connectivity index (χ1v) is 22.3. The molecule has 4 N–H and O–H groups in total. The summed E-state index contributed by atoms with van der Waals surface area (Å²) in [7, 11) is 1.79. The number of nitrogens with zero attached hydrogens (tertiary/aromatic N) is 4. The van der Waals surface area contributed by atoms with Crippen molar-refractivity contribution in [3.8, 4) is 17.4 Å². The number of nitrogens with one attached hydrogen (secondary N) is 3. The number of aliphatic hydroxyl groups is 1. The van der Waals surface area contributed by atoms with Crippen LogP contribution < -0.4 is 30.9 Å². The lowest BCUT2D eigenvalue weighted by Gasteiger charge is -2.27. The van der Waals surface area contributed by atoms with Crippen molar-refractivity contribution in [2.24, 2.45) is 7.05 Å². The number of anilines is 2. The van der Waals surface area contributed by atoms with Crippen LogP contribution in [0.5, 0.6) is 17.4 Å². The van der Waals surface area contributed by atoms with Crippen LogP contribution in [0.3, 0.4) is 0 Å². The second-order valence-corrected chi connectivity index (χ2v) is 16.8. The maximum atomic E-state index is 15.5. The highest BCUT2D eigenvalue weighted by Crippen LogP contribution is 2.34. The van der Waals surface area contributed by atoms with Crippen LogP contribution in [0.2, 0.25) is 0 Å². The Morgan fingerprint density at radius 3 is 2.42 bits per heavy atom. The quantitative estimate of drug-likeness (QED) is 0.0401. The van der Waals surface area contributed by atoms with Crippen LogP contribution in [0.4, 0.5) is 15.8 Å². The van der Waals surface area contributed by atoms with E-state index in [-0.39, 0.29) is 46.8 Å². The molecular formula is C50H50FN7O9. The van der Waals surface area contributed by atoms with Crippen LogP contribution in [0.15, 0.2) is 77.9 Å². The Kier molecular flexibility index (Phi) is 13.4. The summed E-state index contributed by atoms with van der Waals surface area (Å²) in [6.45, 7) is 6.04. The number of rotatable bonds is 17. The summed E-state index contributed by atoms with van der Waals surface area (Å²) in [4.78, 5) is 86.5. The van der Waals surface area contributed by atoms with Crippen molar-refractivity contribution in [1.29, 1.82) is 0 Å². The molecule has 2 atom stereocenters. The summed E-state index contributed by atoms with van der Waals surface area (Å²) in [6.07, 6.45) is 5.96. The molecule has 2 aromatic heterocycles. The first-order valence-electron chi connectivity index (χ1n) is 22.3. The predicted octanol–water partition coefficient (Wildman–Crippen LogP) is 7.40. The highest BCUT2D eigenvalue weighted by Gasteiger charge is 2.44. The van der Waals surface area contributed by atoms with Crippen molar-refractivity contribution in [3.63, 3.8) is 0 Å². The zero-order valence-electron chi connectivity index (χ0n) is 37.5. The van der Waals surface area contributed by atoms with Gasteiger partial charge in [-0.3, -0.25) is 39.0 Å². The number of amides is 5. The van der Waals surface area contributed by atoms with Gasteiger partial charge in [0.1, 0.15) is 29.9 Å². The van der Waals surface area contributed by atoms with E-state index in [4.69, 9.17) is 9.47 Å². The van der Waals surface area contributed by atoms with Crippen molar-refractivity contribution in [2.45, 2.75) is 90.8 Å². The number of hydrogen-bond acceptors (Lipinski definition) is 12. The molecule has 2 unspecified atom stereocenters. The van der Waals surface area contributed by atoms with E-state index >= 15 is 4.39 Å². The number of halogens is 1. The molecule has 16 nitrogen and oxygen atoms in total. The van der Waals surface area contributed by atoms with Gasteiger partial charge < -0.3 is 29.8 Å². The van der Waals surface area contributed by atoms with E-state index in [9.17, 15) is 33.9 Å². The zero-order chi connectivity index (χ0) is 47.5. The SMILES string of the molecule is CCc1ccc2c(c1)c(=O)c(C(=O)Nc1ccc(Oc3ncnc4cc(OCCCCCCCC(O)Nc5ccc6c(c5)C(=O)N(C5CCC(=O)NC5=O)C6=O)c(C)cc34)c(F)c1)c(C)n2C. The number of hydrogen-bond donors (Lipinski definition) is 4. The second-order valence-electron chi connectivity index (χ2n) is 16.8. The second kappa shape index (κ2) is 19.5. The van der Waals surface area contributed by atoms with Crippen molar-refractivity contribution in [3.05, 3.63) is 123 Å². The van der Waals surface area contributed by atoms with Gasteiger partial charge in [0.25, 0.3) is 17.7 Å². The van der Waals surface area contributed by atoms with Gasteiger partial charge in [0, 0.05) is 48.1 Å². The maximum absolute atomic E-state index is 15.5. The van der Waals surface area contributed by atoms with E-state index in [1.165, 1.54) is 30.6 Å². The van der Waals surface area contributed by atoms with Gasteiger partial charge in [-0.25, -0.2) is 14.4 Å². The number of aryl methyl sites for hydroxylation is 3. The number of fused-ring (bicyclic) bond motifs is 3. The first-order chi connectivity index (χ1) is 32.2. The summed E-state index contributed by atoms with van der Waals surface area (Å²) in [6, 6.07) is 16.8. The Morgan fingerprint density at radius 1 is 0.881 bits per heavy atom. The van der Waals surface area contributed by atoms with Gasteiger partial charge in [-0.05, 0) is 106 Å². The van der Waals surface area contributed by atoms with Gasteiger partial charge >= 0.3 is 0 Å². The third kappa shape index (κ3) is 9.59. The van der Waals surface area contributed by atoms with E-state index in [1.807, 2.05) is 32.0 Å². The largest absolute Gasteiger partial charge is 0.493 e. The smallest absolute Gasteiger partial charge is 0.262 e. The van der Waals surface area contributed by atoms with Crippen LogP contribution in [0, 0.1) is 19.7 Å². The molecule has 4 heterocycles. The van der Waals surface area contributed by atoms with E-state index in [0.717, 1.165) is 60.6 Å². The molecule has 1 saturated heterocycles. The van der Waals surface area contributed by atoms with Gasteiger partial charge in [0.05, 0.1) is 34.2 Å². The van der Waals surface area contributed by atoms with E-state index in [2.05, 4.69) is 25.9 Å². The number of imide groups is 2. The molecular weight excluding hydrogens is 862 g/mol. The molecule has 2 aliphatic heterocycles. The summed E-state index contributed by atoms with van der Waals surface area (Å²) >= 11 is 0. The van der Waals surface area contributed by atoms with Crippen LogP contribution in [-0.4, -0.2) is 73.0 Å². The zero-order valence-corrected chi connectivity index (χ0v) is 37.5. The van der Waals surface area contributed by atoms with Gasteiger partial charge in [-0.2, -0.15) is 0 Å². The third-order valence-corrected chi connectivity index (χ3v) is 12.3. The number of aromatic nitrogens is 3. The average molecular weight is 912 g/mol. The fourth-order valence-corrected chi connectivity index (χ4v) is 8.53. The highest BCUT2D eigenvalue weighted by atomic mass is 19.1. The number of ether oxygens (including phenoxy) is 2. The standard InChI is InChI=1S/C50H50FN7O9/c1-5-29-12-16-38-35(22-29)45(61)44(28(3)57(38)4)47(63)55-31-14-18-40(36(51)24-31)67-48-34-21-27(2)41(25-37(34)52-26-53-48)66-20-10-8-6-7-9-11-42(59)54-30-13-15-32-33(23-30)50(65)58(49(32)64)39-17-19-43(60)56-46(39)62/h12-16,18,21-26,39,42,54,59H,5-11,17,19-20H2,1-4H3,(H,55,63)(H,56,60,62). The summed E-state index contributed by atoms with van der Waals surface area (Å²) in [5.41, 5.74) is 4.02. The number of pyridine rings is 1. The van der Waals surface area contributed by atoms with Crippen molar-refractivity contribution in [1.82, 2.24) is 24.8 Å². The Labute approximate surface area is 384 Å². The fraction of sp³-hybridized carbons (Fsp3) is 0.320. The Hall–Kier alpha value is -7.53. The predicted molar refractivity (Wildman–Crippen MR) is 248 cm³/mol. The molecule has 0 aliphatic carbocycles. The minimum absolute atomic E-state index is 0.0182. The summed E-state index contributed by atoms with van der Waals surface area (Å²) < 4.78 is 29.3. The van der Waals surface area contributed by atoms with Crippen molar-refractivity contribution < 1.29 is 42.9 Å². The minimum Gasteiger partial charge on any atom is -0.493 e. The van der Waals surface area contributed by atoms with Crippen LogP contribution in [-0.2, 0) is 23.1 Å². The van der Waals surface area contributed by atoms with Gasteiger partial charge in [0.2, 0.25) is 23.1 Å². The summed E-state index contributed by atoms with van der Waals surface area (Å²) in [5, 5.41) is 19.5. The lowest BCUT2D eigenvalue weighted by atomic mass is 10.0. The Morgan fingerprint density at radius 2 is 1.64 bits per heavy atom. The molecule has 2 aliphatic rings. The molecule has 0 saturated carbocycles. The van der Waals surface area contributed by atoms with Gasteiger partial charge in [-0.15, -0.1) is 0 Å². The van der Waals surface area contributed by atoms with Crippen molar-refractivity contribution in [2.75, 3.05) is 17.2 Å². The van der Waals surface area contributed by atoms with Crippen molar-refractivity contribution >= 4 is 62.7 Å². The van der Waals surface area contributed by atoms with Gasteiger partial charge in [0.15, 0.2) is 11.6 Å². The summed E-state index contributed by atoms with van der Waals surface area (Å²) in [5.74, 6) is -3.06. The molecule has 17 heteroatoms. The number of unbranched alkanes of at least 4 members (excludes halogenated alkanes) is 4. The lowest BCUT2D eigenvalue weighted by molar-refractivity contribution is -0.136. The molecule has 6 aromatic rings. The molecule has 346 valence electrons. The minimum atomic E-state index is -1.05. The topological polar surface area (TPSA) is 211 Å². The van der Waals surface area contributed by atoms with Gasteiger partial charge in [-0.1, -0.05) is 32.3 Å². The van der Waals surface area contributed by atoms with Crippen LogP contribution in [0.25, 0.3) is 21.8 Å². The number of aliphatic hydroxyl groups excluding tert-OH is 1. The monoisotopic (exact) mass is 911 g/mol. The van der Waals surface area contributed by atoms with E-state index in [1.54, 1.807) is 36.7 Å². The van der Waals surface area contributed by atoms with E-state index < -0.39 is 53.1 Å². The lowest BCUT2D eigenvalue weighted by Crippen LogP contribution is -2.54. The number of carbonyl (C=O) groups is 5.